The zero-order valence-electron chi connectivity index (χ0n) is 21.6. The van der Waals surface area contributed by atoms with Gasteiger partial charge < -0.3 is 15.0 Å². The maximum atomic E-state index is 13.7. The van der Waals surface area contributed by atoms with Gasteiger partial charge in [-0.3, -0.25) is 13.9 Å². The maximum absolute atomic E-state index is 13.7. The van der Waals surface area contributed by atoms with Gasteiger partial charge in [-0.15, -0.1) is 0 Å². The lowest BCUT2D eigenvalue weighted by Gasteiger charge is -2.32. The first-order valence-electron chi connectivity index (χ1n) is 12.4. The standard InChI is InChI=1S/C27H37N3O5S/c1-5-35-25-16-14-24(15-17-25)30(36(4,33)34)19-26(31)29(18-22-11-7-6-10-20(22)2)21(3)27(32)28-23-12-8-9-13-23/h6-7,10-11,14-17,21,23H,5,8-9,12-13,18-19H2,1-4H3,(H,28,32)/t21-/m0/s1. The lowest BCUT2D eigenvalue weighted by molar-refractivity contribution is -0.139. The van der Waals surface area contributed by atoms with E-state index >= 15 is 0 Å². The predicted octanol–water partition coefficient (Wildman–Crippen LogP) is 3.64. The Hall–Kier alpha value is -3.07. The van der Waals surface area contributed by atoms with Crippen LogP contribution in [0.4, 0.5) is 5.69 Å². The van der Waals surface area contributed by atoms with E-state index in [1.807, 2.05) is 38.1 Å². The first-order chi connectivity index (χ1) is 17.1. The van der Waals surface area contributed by atoms with Crippen molar-refractivity contribution in [1.82, 2.24) is 10.2 Å². The van der Waals surface area contributed by atoms with Gasteiger partial charge in [-0.1, -0.05) is 37.1 Å². The van der Waals surface area contributed by atoms with Gasteiger partial charge in [0.1, 0.15) is 18.3 Å². The maximum Gasteiger partial charge on any atom is 0.244 e. The molecule has 1 atom stereocenters. The molecule has 9 heteroatoms. The van der Waals surface area contributed by atoms with Gasteiger partial charge in [-0.25, -0.2) is 8.42 Å². The van der Waals surface area contributed by atoms with Crippen LogP contribution < -0.4 is 14.4 Å². The molecule has 0 saturated heterocycles. The quantitative estimate of drug-likeness (QED) is 0.493. The van der Waals surface area contributed by atoms with Crippen LogP contribution in [0.3, 0.4) is 0 Å². The molecule has 3 rings (SSSR count). The van der Waals surface area contributed by atoms with Gasteiger partial charge in [-0.05, 0) is 69.0 Å². The summed E-state index contributed by atoms with van der Waals surface area (Å²) in [7, 11) is -3.77. The third kappa shape index (κ3) is 7.22. The van der Waals surface area contributed by atoms with Gasteiger partial charge >= 0.3 is 0 Å². The van der Waals surface area contributed by atoms with E-state index < -0.39 is 28.5 Å². The van der Waals surface area contributed by atoms with Crippen molar-refractivity contribution in [2.75, 3.05) is 23.7 Å². The van der Waals surface area contributed by atoms with Crippen LogP contribution in [0.2, 0.25) is 0 Å². The van der Waals surface area contributed by atoms with Crippen LogP contribution in [0, 0.1) is 6.92 Å². The van der Waals surface area contributed by atoms with E-state index in [1.54, 1.807) is 31.2 Å². The lowest BCUT2D eigenvalue weighted by atomic mass is 10.1. The predicted molar refractivity (Wildman–Crippen MR) is 141 cm³/mol. The molecule has 1 N–H and O–H groups in total. The third-order valence-electron chi connectivity index (χ3n) is 6.59. The van der Waals surface area contributed by atoms with Crippen molar-refractivity contribution in [2.24, 2.45) is 0 Å². The van der Waals surface area contributed by atoms with Gasteiger partial charge in [0, 0.05) is 12.6 Å². The molecule has 1 saturated carbocycles. The second-order valence-electron chi connectivity index (χ2n) is 9.31. The SMILES string of the molecule is CCOc1ccc(N(CC(=O)N(Cc2ccccc2C)[C@@H](C)C(=O)NC2CCCC2)S(C)(=O)=O)cc1. The Kier molecular flexibility index (Phi) is 9.37. The first kappa shape index (κ1) is 27.5. The number of hydrogen-bond acceptors (Lipinski definition) is 5. The largest absolute Gasteiger partial charge is 0.494 e. The average Bonchev–Trinajstić information content (AvgIpc) is 3.34. The number of carbonyl (C=O) groups excluding carboxylic acids is 2. The van der Waals surface area contributed by atoms with Crippen LogP contribution >= 0.6 is 0 Å². The van der Waals surface area contributed by atoms with E-state index in [1.165, 1.54) is 4.90 Å². The normalized spacial score (nSPS) is 14.8. The molecule has 1 aliphatic carbocycles. The second-order valence-corrected chi connectivity index (χ2v) is 11.2. The highest BCUT2D eigenvalue weighted by Gasteiger charge is 2.31. The van der Waals surface area contributed by atoms with Crippen molar-refractivity contribution in [3.05, 3.63) is 59.7 Å². The summed E-state index contributed by atoms with van der Waals surface area (Å²) in [6.45, 7) is 5.78. The lowest BCUT2D eigenvalue weighted by Crippen LogP contribution is -2.52. The fourth-order valence-electron chi connectivity index (χ4n) is 4.43. The Morgan fingerprint density at radius 1 is 1.08 bits per heavy atom. The van der Waals surface area contributed by atoms with Crippen molar-refractivity contribution in [3.8, 4) is 5.75 Å². The van der Waals surface area contributed by atoms with Gasteiger partial charge in [-0.2, -0.15) is 0 Å². The molecule has 0 aliphatic heterocycles. The van der Waals surface area contributed by atoms with Gasteiger partial charge in [0.2, 0.25) is 21.8 Å². The Bertz CT molecular complexity index is 1140. The van der Waals surface area contributed by atoms with E-state index in [9.17, 15) is 18.0 Å². The average molecular weight is 516 g/mol. The molecule has 36 heavy (non-hydrogen) atoms. The number of amides is 2. The highest BCUT2D eigenvalue weighted by Crippen LogP contribution is 2.23. The molecular weight excluding hydrogens is 478 g/mol. The Balaban J connectivity index is 1.87. The molecule has 2 amide bonds. The number of aryl methyl sites for hydroxylation is 1. The van der Waals surface area contributed by atoms with Crippen molar-refractivity contribution >= 4 is 27.5 Å². The number of benzene rings is 2. The molecule has 0 radical (unpaired) electrons. The summed E-state index contributed by atoms with van der Waals surface area (Å²) in [6.07, 6.45) is 5.10. The zero-order valence-corrected chi connectivity index (χ0v) is 22.4. The molecular formula is C27H37N3O5S. The van der Waals surface area contributed by atoms with E-state index in [0.717, 1.165) is 47.4 Å². The third-order valence-corrected chi connectivity index (χ3v) is 7.73. The molecule has 8 nitrogen and oxygen atoms in total. The zero-order chi connectivity index (χ0) is 26.3. The topological polar surface area (TPSA) is 96.0 Å². The first-order valence-corrected chi connectivity index (χ1v) is 14.3. The van der Waals surface area contributed by atoms with Crippen molar-refractivity contribution in [1.29, 1.82) is 0 Å². The Labute approximate surface area is 214 Å². The molecule has 0 aromatic heterocycles. The molecule has 0 unspecified atom stereocenters. The van der Waals surface area contributed by atoms with Crippen molar-refractivity contribution in [3.63, 3.8) is 0 Å². The molecule has 1 aliphatic rings. The molecule has 1 fully saturated rings. The van der Waals surface area contributed by atoms with Gasteiger partial charge in [0.05, 0.1) is 18.6 Å². The smallest absolute Gasteiger partial charge is 0.244 e. The van der Waals surface area contributed by atoms with E-state index in [0.29, 0.717) is 18.0 Å². The highest BCUT2D eigenvalue weighted by molar-refractivity contribution is 7.92. The molecule has 0 bridgehead atoms. The summed E-state index contributed by atoms with van der Waals surface area (Å²) in [5.74, 6) is -0.0677. The molecule has 2 aromatic rings. The van der Waals surface area contributed by atoms with Crippen LogP contribution in [-0.2, 0) is 26.2 Å². The fourth-order valence-corrected chi connectivity index (χ4v) is 5.28. The number of nitrogens with one attached hydrogen (secondary N) is 1. The summed E-state index contributed by atoms with van der Waals surface area (Å²) in [6, 6.07) is 13.6. The minimum absolute atomic E-state index is 0.117. The van der Waals surface area contributed by atoms with Crippen LogP contribution in [-0.4, -0.2) is 56.6 Å². The van der Waals surface area contributed by atoms with Crippen LogP contribution in [0.15, 0.2) is 48.5 Å². The Morgan fingerprint density at radius 3 is 2.31 bits per heavy atom. The highest BCUT2D eigenvalue weighted by atomic mass is 32.2. The number of sulfonamides is 1. The van der Waals surface area contributed by atoms with Gasteiger partial charge in [0.15, 0.2) is 0 Å². The van der Waals surface area contributed by atoms with E-state index in [-0.39, 0.29) is 18.5 Å². The fraction of sp³-hybridized carbons (Fsp3) is 0.481. The van der Waals surface area contributed by atoms with E-state index in [4.69, 9.17) is 4.74 Å². The van der Waals surface area contributed by atoms with Crippen LogP contribution in [0.5, 0.6) is 5.75 Å². The van der Waals surface area contributed by atoms with Crippen LogP contribution in [0.1, 0.15) is 50.7 Å². The minimum atomic E-state index is -3.77. The molecule has 2 aromatic carbocycles. The molecule has 0 spiro atoms. The molecule has 0 heterocycles. The van der Waals surface area contributed by atoms with Crippen LogP contribution in [0.25, 0.3) is 0 Å². The number of hydrogen-bond donors (Lipinski definition) is 1. The number of anilines is 1. The van der Waals surface area contributed by atoms with Crippen molar-refractivity contribution in [2.45, 2.75) is 65.1 Å². The number of nitrogens with zero attached hydrogens (tertiary/aromatic N) is 2. The summed E-state index contributed by atoms with van der Waals surface area (Å²) in [4.78, 5) is 28.2. The van der Waals surface area contributed by atoms with Crippen molar-refractivity contribution < 1.29 is 22.7 Å². The molecule has 196 valence electrons. The second kappa shape index (κ2) is 12.3. The number of rotatable bonds is 11. The monoisotopic (exact) mass is 515 g/mol. The summed E-state index contributed by atoms with van der Waals surface area (Å²) in [5, 5.41) is 3.07. The van der Waals surface area contributed by atoms with E-state index in [2.05, 4.69) is 5.32 Å². The van der Waals surface area contributed by atoms with Gasteiger partial charge in [0.25, 0.3) is 0 Å². The summed E-state index contributed by atoms with van der Waals surface area (Å²) in [5.41, 5.74) is 2.25. The number of ether oxygens (including phenoxy) is 1. The summed E-state index contributed by atoms with van der Waals surface area (Å²) < 4.78 is 31.9. The minimum Gasteiger partial charge on any atom is -0.494 e. The summed E-state index contributed by atoms with van der Waals surface area (Å²) >= 11 is 0. The number of carbonyl (C=O) groups is 2. The Morgan fingerprint density at radius 2 is 1.72 bits per heavy atom.